The van der Waals surface area contributed by atoms with Gasteiger partial charge in [-0.15, -0.1) is 23.1 Å². The molecule has 0 spiro atoms. The molecule has 19 heavy (non-hydrogen) atoms. The molecule has 1 heterocycles. The van der Waals surface area contributed by atoms with Gasteiger partial charge in [-0.25, -0.2) is 5.84 Å². The van der Waals surface area contributed by atoms with Crippen molar-refractivity contribution < 1.29 is 9.53 Å². The smallest absolute Gasteiger partial charge is 0.275 e. The molecule has 0 bridgehead atoms. The number of hydrazine groups is 1. The van der Waals surface area contributed by atoms with Crippen LogP contribution < -0.4 is 16.0 Å². The number of hydrogen-bond acceptors (Lipinski definition) is 5. The van der Waals surface area contributed by atoms with Crippen molar-refractivity contribution in [1.29, 1.82) is 0 Å². The van der Waals surface area contributed by atoms with E-state index in [0.717, 1.165) is 11.3 Å². The number of ether oxygens (including phenoxy) is 1. The molecule has 4 nitrogen and oxygen atoms in total. The summed E-state index contributed by atoms with van der Waals surface area (Å²) >= 11 is 3.03. The average Bonchev–Trinajstić information content (AvgIpc) is 2.93. The Balaban J connectivity index is 2.02. The predicted octanol–water partition coefficient (Wildman–Crippen LogP) is 2.65. The van der Waals surface area contributed by atoms with Crippen molar-refractivity contribution in [2.45, 2.75) is 11.5 Å². The first kappa shape index (κ1) is 13.9. The van der Waals surface area contributed by atoms with E-state index < -0.39 is 0 Å². The van der Waals surface area contributed by atoms with Crippen molar-refractivity contribution in [3.05, 3.63) is 46.2 Å². The maximum absolute atomic E-state index is 11.5. The fourth-order valence-corrected chi connectivity index (χ4v) is 2.77. The van der Waals surface area contributed by atoms with Crippen molar-refractivity contribution in [2.75, 3.05) is 6.26 Å². The highest BCUT2D eigenvalue weighted by Crippen LogP contribution is 2.22. The molecule has 0 fully saturated rings. The fourth-order valence-electron chi connectivity index (χ4n) is 1.55. The van der Waals surface area contributed by atoms with Gasteiger partial charge in [-0.2, -0.15) is 0 Å². The minimum absolute atomic E-state index is 0.286. The van der Waals surface area contributed by atoms with E-state index >= 15 is 0 Å². The summed E-state index contributed by atoms with van der Waals surface area (Å²) in [7, 11) is 0. The fraction of sp³-hybridized carbons (Fsp3) is 0.154. The number of thioether (sulfide) groups is 1. The van der Waals surface area contributed by atoms with Crippen LogP contribution in [0.4, 0.5) is 0 Å². The molecule has 0 aliphatic heterocycles. The molecule has 1 aromatic carbocycles. The third-order valence-corrected chi connectivity index (χ3v) is 4.24. The lowest BCUT2D eigenvalue weighted by Gasteiger charge is -2.07. The maximum atomic E-state index is 11.5. The molecule has 1 amide bonds. The number of nitrogen functional groups attached to an aromatic ring is 1. The molecule has 3 N–H and O–H groups in total. The standard InChI is InChI=1S/C13H14N2O2S2/c1-18-11-4-2-10(3-5-11)17-8-9-6-7-19-12(9)13(16)15-14/h2-7H,8,14H2,1H3,(H,15,16). The third kappa shape index (κ3) is 3.50. The van der Waals surface area contributed by atoms with E-state index in [9.17, 15) is 4.79 Å². The minimum Gasteiger partial charge on any atom is -0.489 e. The second-order valence-corrected chi connectivity index (χ2v) is 5.51. The van der Waals surface area contributed by atoms with Crippen molar-refractivity contribution in [1.82, 2.24) is 5.43 Å². The maximum Gasteiger partial charge on any atom is 0.275 e. The van der Waals surface area contributed by atoms with Gasteiger partial charge in [0.05, 0.1) is 4.88 Å². The van der Waals surface area contributed by atoms with Crippen LogP contribution in [0.25, 0.3) is 0 Å². The molecule has 2 aromatic rings. The van der Waals surface area contributed by atoms with Gasteiger partial charge in [0.2, 0.25) is 0 Å². The predicted molar refractivity (Wildman–Crippen MR) is 78.5 cm³/mol. The molecule has 0 radical (unpaired) electrons. The Bertz CT molecular complexity index is 552. The van der Waals surface area contributed by atoms with Crippen molar-refractivity contribution >= 4 is 29.0 Å². The van der Waals surface area contributed by atoms with Crippen molar-refractivity contribution in [3.8, 4) is 5.75 Å². The van der Waals surface area contributed by atoms with Gasteiger partial charge >= 0.3 is 0 Å². The Kier molecular flexibility index (Phi) is 4.84. The van der Waals surface area contributed by atoms with Crippen LogP contribution in [0.1, 0.15) is 15.2 Å². The quantitative estimate of drug-likeness (QED) is 0.385. The Morgan fingerprint density at radius 1 is 1.37 bits per heavy atom. The average molecular weight is 294 g/mol. The topological polar surface area (TPSA) is 64.3 Å². The number of amides is 1. The zero-order valence-electron chi connectivity index (χ0n) is 10.4. The monoisotopic (exact) mass is 294 g/mol. The number of rotatable bonds is 5. The van der Waals surface area contributed by atoms with Crippen LogP contribution in [0.2, 0.25) is 0 Å². The van der Waals surface area contributed by atoms with Gasteiger partial charge in [-0.3, -0.25) is 10.2 Å². The molecule has 0 aliphatic rings. The normalized spacial score (nSPS) is 10.2. The van der Waals surface area contributed by atoms with Crippen LogP contribution in [0.5, 0.6) is 5.75 Å². The Labute approximate surface area is 119 Å². The third-order valence-electron chi connectivity index (χ3n) is 2.54. The highest BCUT2D eigenvalue weighted by atomic mass is 32.2. The zero-order chi connectivity index (χ0) is 13.7. The van der Waals surface area contributed by atoms with Crippen LogP contribution in [0.15, 0.2) is 40.6 Å². The Morgan fingerprint density at radius 3 is 2.74 bits per heavy atom. The molecule has 6 heteroatoms. The number of nitrogens with two attached hydrogens (primary N) is 1. The molecule has 0 saturated heterocycles. The van der Waals surface area contributed by atoms with Gasteiger partial charge in [0.15, 0.2) is 0 Å². The van der Waals surface area contributed by atoms with E-state index in [-0.39, 0.29) is 5.91 Å². The summed E-state index contributed by atoms with van der Waals surface area (Å²) in [6.07, 6.45) is 2.03. The van der Waals surface area contributed by atoms with Crippen LogP contribution in [0.3, 0.4) is 0 Å². The Hall–Kier alpha value is -1.50. The summed E-state index contributed by atoms with van der Waals surface area (Å²) < 4.78 is 5.66. The summed E-state index contributed by atoms with van der Waals surface area (Å²) in [6, 6.07) is 9.70. The van der Waals surface area contributed by atoms with E-state index in [2.05, 4.69) is 5.43 Å². The van der Waals surface area contributed by atoms with Crippen molar-refractivity contribution in [3.63, 3.8) is 0 Å². The lowest BCUT2D eigenvalue weighted by molar-refractivity contribution is 0.0955. The van der Waals surface area contributed by atoms with Crippen LogP contribution in [0, 0.1) is 0 Å². The number of benzene rings is 1. The van der Waals surface area contributed by atoms with Crippen LogP contribution >= 0.6 is 23.1 Å². The van der Waals surface area contributed by atoms with Gasteiger partial charge in [0.25, 0.3) is 5.91 Å². The lowest BCUT2D eigenvalue weighted by atomic mass is 10.2. The molecule has 1 aromatic heterocycles. The summed E-state index contributed by atoms with van der Waals surface area (Å²) in [4.78, 5) is 13.3. The molecule has 0 saturated carbocycles. The van der Waals surface area contributed by atoms with E-state index in [1.54, 1.807) is 11.8 Å². The second-order valence-electron chi connectivity index (χ2n) is 3.71. The lowest BCUT2D eigenvalue weighted by Crippen LogP contribution is -2.30. The first-order chi connectivity index (χ1) is 9.24. The van der Waals surface area contributed by atoms with Gasteiger partial charge in [0.1, 0.15) is 12.4 Å². The minimum atomic E-state index is -0.286. The molecule has 0 atom stereocenters. The molecular weight excluding hydrogens is 280 g/mol. The zero-order valence-corrected chi connectivity index (χ0v) is 12.0. The highest BCUT2D eigenvalue weighted by Gasteiger charge is 2.12. The number of carbonyl (C=O) groups is 1. The van der Waals surface area contributed by atoms with Crippen LogP contribution in [-0.4, -0.2) is 12.2 Å². The number of thiophene rings is 1. The molecule has 0 unspecified atom stereocenters. The molecule has 2 rings (SSSR count). The van der Waals surface area contributed by atoms with Crippen LogP contribution in [-0.2, 0) is 6.61 Å². The van der Waals surface area contributed by atoms with E-state index in [0.29, 0.717) is 11.5 Å². The summed E-state index contributed by atoms with van der Waals surface area (Å²) in [6.45, 7) is 0.352. The SMILES string of the molecule is CSc1ccc(OCc2ccsc2C(=O)NN)cc1. The van der Waals surface area contributed by atoms with E-state index in [1.807, 2.05) is 42.0 Å². The summed E-state index contributed by atoms with van der Waals surface area (Å²) in [5.74, 6) is 5.63. The van der Waals surface area contributed by atoms with Gasteiger partial charge in [-0.05, 0) is 42.0 Å². The molecule has 100 valence electrons. The number of carbonyl (C=O) groups excluding carboxylic acids is 1. The molecular formula is C13H14N2O2S2. The largest absolute Gasteiger partial charge is 0.489 e. The second kappa shape index (κ2) is 6.60. The van der Waals surface area contributed by atoms with E-state index in [1.165, 1.54) is 16.2 Å². The van der Waals surface area contributed by atoms with Crippen molar-refractivity contribution in [2.24, 2.45) is 5.84 Å². The van der Waals surface area contributed by atoms with Gasteiger partial charge in [-0.1, -0.05) is 0 Å². The Morgan fingerprint density at radius 2 is 2.11 bits per heavy atom. The molecule has 0 aliphatic carbocycles. The van der Waals surface area contributed by atoms with Gasteiger partial charge in [0, 0.05) is 10.5 Å². The summed E-state index contributed by atoms with van der Waals surface area (Å²) in [5.41, 5.74) is 2.97. The first-order valence-electron chi connectivity index (χ1n) is 5.58. The number of hydrogen-bond donors (Lipinski definition) is 2. The van der Waals surface area contributed by atoms with Gasteiger partial charge < -0.3 is 4.74 Å². The number of nitrogens with one attached hydrogen (secondary N) is 1. The first-order valence-corrected chi connectivity index (χ1v) is 7.69. The van der Waals surface area contributed by atoms with E-state index in [4.69, 9.17) is 10.6 Å². The highest BCUT2D eigenvalue weighted by molar-refractivity contribution is 7.98. The summed E-state index contributed by atoms with van der Waals surface area (Å²) in [5, 5.41) is 1.85.